The van der Waals surface area contributed by atoms with Crippen LogP contribution in [0.15, 0.2) is 41.8 Å². The van der Waals surface area contributed by atoms with Gasteiger partial charge in [0.2, 0.25) is 0 Å². The quantitative estimate of drug-likeness (QED) is 0.865. The number of piperidine rings is 1. The molecule has 3 nitrogen and oxygen atoms in total. The van der Waals surface area contributed by atoms with Gasteiger partial charge in [-0.05, 0) is 61.3 Å². The molecule has 2 heterocycles. The van der Waals surface area contributed by atoms with Gasteiger partial charge in [-0.25, -0.2) is 0 Å². The van der Waals surface area contributed by atoms with E-state index in [0.717, 1.165) is 25.9 Å². The predicted octanol–water partition coefficient (Wildman–Crippen LogP) is 4.31. The van der Waals surface area contributed by atoms with Crippen LogP contribution >= 0.6 is 11.3 Å². The average molecular weight is 358 g/mol. The van der Waals surface area contributed by atoms with Gasteiger partial charge in [0.25, 0.3) is 0 Å². The summed E-state index contributed by atoms with van der Waals surface area (Å²) in [6, 6.07) is 13.0. The number of ether oxygens (including phenoxy) is 1. The van der Waals surface area contributed by atoms with Crippen LogP contribution in [0.2, 0.25) is 0 Å². The highest BCUT2D eigenvalue weighted by Crippen LogP contribution is 2.31. The Balaban J connectivity index is 1.32. The summed E-state index contributed by atoms with van der Waals surface area (Å²) in [5, 5.41) is 12.9. The van der Waals surface area contributed by atoms with Crippen molar-refractivity contribution in [2.45, 2.75) is 57.0 Å². The number of hydrogen-bond acceptors (Lipinski definition) is 4. The lowest BCUT2D eigenvalue weighted by Crippen LogP contribution is -2.46. The van der Waals surface area contributed by atoms with E-state index >= 15 is 0 Å². The van der Waals surface area contributed by atoms with Crippen LogP contribution < -0.4 is 0 Å². The van der Waals surface area contributed by atoms with Crippen LogP contribution in [-0.2, 0) is 11.3 Å². The molecule has 0 spiro atoms. The van der Waals surface area contributed by atoms with E-state index in [1.807, 2.05) is 6.07 Å². The molecule has 25 heavy (non-hydrogen) atoms. The molecule has 1 aliphatic carbocycles. The number of rotatable bonds is 5. The van der Waals surface area contributed by atoms with Crippen LogP contribution in [0.5, 0.6) is 0 Å². The molecule has 134 valence electrons. The first-order chi connectivity index (χ1) is 12.3. The lowest BCUT2D eigenvalue weighted by atomic mass is 10.1. The fourth-order valence-electron chi connectivity index (χ4n) is 4.16. The van der Waals surface area contributed by atoms with Crippen molar-refractivity contribution in [3.05, 3.63) is 47.3 Å². The van der Waals surface area contributed by atoms with Crippen LogP contribution in [0, 0.1) is 0 Å². The van der Waals surface area contributed by atoms with Gasteiger partial charge in [0.15, 0.2) is 0 Å². The molecule has 3 atom stereocenters. The third kappa shape index (κ3) is 3.98. The average Bonchev–Trinajstić information content (AvgIpc) is 3.28. The van der Waals surface area contributed by atoms with Gasteiger partial charge >= 0.3 is 0 Å². The summed E-state index contributed by atoms with van der Waals surface area (Å²) in [5.41, 5.74) is 2.46. The van der Waals surface area contributed by atoms with E-state index in [0.29, 0.717) is 12.6 Å². The number of aliphatic hydroxyl groups excluding tert-OH is 1. The van der Waals surface area contributed by atoms with Crippen LogP contribution in [0.1, 0.15) is 37.7 Å². The lowest BCUT2D eigenvalue weighted by Gasteiger charge is -2.34. The maximum atomic E-state index is 10.7. The van der Waals surface area contributed by atoms with Crippen LogP contribution in [0.3, 0.4) is 0 Å². The molecule has 1 saturated carbocycles. The van der Waals surface area contributed by atoms with E-state index in [-0.39, 0.29) is 12.2 Å². The standard InChI is InChI=1S/C21H27NO2S/c23-21-18(22-11-5-2-6-12-22)9-10-19(21)24-14-16-13-20(25-15-16)17-7-3-1-4-8-17/h1,3-4,7-8,13,15,18-19,21,23H,2,5-6,9-12,14H2. The van der Waals surface area contributed by atoms with Gasteiger partial charge in [-0.1, -0.05) is 36.8 Å². The summed E-state index contributed by atoms with van der Waals surface area (Å²) in [4.78, 5) is 3.76. The van der Waals surface area contributed by atoms with Crippen molar-refractivity contribution < 1.29 is 9.84 Å². The smallest absolute Gasteiger partial charge is 0.0956 e. The molecule has 4 heteroatoms. The maximum Gasteiger partial charge on any atom is 0.0956 e. The summed E-state index contributed by atoms with van der Waals surface area (Å²) in [7, 11) is 0. The summed E-state index contributed by atoms with van der Waals surface area (Å²) < 4.78 is 6.10. The van der Waals surface area contributed by atoms with Gasteiger partial charge in [-0.3, -0.25) is 4.90 Å². The van der Waals surface area contributed by atoms with Crippen molar-refractivity contribution in [1.82, 2.24) is 4.90 Å². The molecular weight excluding hydrogens is 330 g/mol. The van der Waals surface area contributed by atoms with E-state index < -0.39 is 0 Å². The Labute approximate surface area is 154 Å². The number of likely N-dealkylation sites (tertiary alicyclic amines) is 1. The van der Waals surface area contributed by atoms with Gasteiger partial charge in [0.1, 0.15) is 0 Å². The molecule has 1 aromatic carbocycles. The second-order valence-corrected chi connectivity index (χ2v) is 8.18. The van der Waals surface area contributed by atoms with Crippen LogP contribution in [-0.4, -0.2) is 41.3 Å². The van der Waals surface area contributed by atoms with Gasteiger partial charge in [-0.2, -0.15) is 0 Å². The fourth-order valence-corrected chi connectivity index (χ4v) is 5.07. The molecule has 1 aliphatic heterocycles. The molecule has 1 saturated heterocycles. The maximum absolute atomic E-state index is 10.7. The Morgan fingerprint density at radius 2 is 1.88 bits per heavy atom. The molecular formula is C21H27NO2S. The van der Waals surface area contributed by atoms with E-state index in [9.17, 15) is 5.11 Å². The lowest BCUT2D eigenvalue weighted by molar-refractivity contribution is -0.0515. The van der Waals surface area contributed by atoms with Crippen molar-refractivity contribution >= 4 is 11.3 Å². The molecule has 2 fully saturated rings. The summed E-state index contributed by atoms with van der Waals surface area (Å²) in [5.74, 6) is 0. The molecule has 4 rings (SSSR count). The third-order valence-electron chi connectivity index (χ3n) is 5.56. The minimum absolute atomic E-state index is 0.0213. The zero-order valence-electron chi connectivity index (χ0n) is 14.6. The summed E-state index contributed by atoms with van der Waals surface area (Å²) in [6.07, 6.45) is 5.54. The Morgan fingerprint density at radius 1 is 1.08 bits per heavy atom. The Morgan fingerprint density at radius 3 is 2.68 bits per heavy atom. The minimum atomic E-state index is -0.342. The molecule has 0 radical (unpaired) electrons. The van der Waals surface area contributed by atoms with Crippen molar-refractivity contribution in [3.8, 4) is 10.4 Å². The normalized spacial score (nSPS) is 27.6. The fraction of sp³-hybridized carbons (Fsp3) is 0.524. The van der Waals surface area contributed by atoms with Crippen molar-refractivity contribution in [1.29, 1.82) is 0 Å². The first-order valence-corrected chi connectivity index (χ1v) is 10.4. The topological polar surface area (TPSA) is 32.7 Å². The second kappa shape index (κ2) is 8.00. The summed E-state index contributed by atoms with van der Waals surface area (Å²) in [6.45, 7) is 2.87. The highest BCUT2D eigenvalue weighted by molar-refractivity contribution is 7.13. The summed E-state index contributed by atoms with van der Waals surface area (Å²) >= 11 is 1.76. The van der Waals surface area contributed by atoms with E-state index in [4.69, 9.17) is 4.74 Å². The molecule has 2 aliphatic rings. The number of thiophene rings is 1. The minimum Gasteiger partial charge on any atom is -0.389 e. The highest BCUT2D eigenvalue weighted by atomic mass is 32.1. The monoisotopic (exact) mass is 357 g/mol. The van der Waals surface area contributed by atoms with Crippen LogP contribution in [0.25, 0.3) is 10.4 Å². The van der Waals surface area contributed by atoms with E-state index in [2.05, 4.69) is 40.6 Å². The van der Waals surface area contributed by atoms with Gasteiger partial charge in [-0.15, -0.1) is 11.3 Å². The molecule has 0 bridgehead atoms. The van der Waals surface area contributed by atoms with Gasteiger partial charge < -0.3 is 9.84 Å². The number of benzene rings is 1. The Kier molecular flexibility index (Phi) is 5.51. The molecule has 1 aromatic heterocycles. The largest absolute Gasteiger partial charge is 0.389 e. The molecule has 1 N–H and O–H groups in total. The predicted molar refractivity (Wildman–Crippen MR) is 103 cm³/mol. The van der Waals surface area contributed by atoms with Crippen molar-refractivity contribution in [2.24, 2.45) is 0 Å². The third-order valence-corrected chi connectivity index (χ3v) is 6.59. The van der Waals surface area contributed by atoms with E-state index in [1.165, 1.54) is 35.3 Å². The van der Waals surface area contributed by atoms with E-state index in [1.54, 1.807) is 11.3 Å². The second-order valence-electron chi connectivity index (χ2n) is 7.27. The zero-order chi connectivity index (χ0) is 17.1. The van der Waals surface area contributed by atoms with Gasteiger partial charge in [0.05, 0.1) is 18.8 Å². The van der Waals surface area contributed by atoms with Gasteiger partial charge in [0, 0.05) is 10.9 Å². The number of aliphatic hydroxyl groups is 1. The first kappa shape index (κ1) is 17.2. The highest BCUT2D eigenvalue weighted by Gasteiger charge is 2.39. The SMILES string of the molecule is OC1C(OCc2csc(-c3ccccc3)c2)CCC1N1CCCCC1. The first-order valence-electron chi connectivity index (χ1n) is 9.48. The van der Waals surface area contributed by atoms with Crippen LogP contribution in [0.4, 0.5) is 0 Å². The van der Waals surface area contributed by atoms with Crippen molar-refractivity contribution in [3.63, 3.8) is 0 Å². The zero-order valence-corrected chi connectivity index (χ0v) is 15.5. The Bertz CT molecular complexity index is 666. The molecule has 0 amide bonds. The molecule has 3 unspecified atom stereocenters. The number of hydrogen-bond donors (Lipinski definition) is 1. The molecule has 2 aromatic rings. The Hall–Kier alpha value is -1.20. The number of nitrogens with zero attached hydrogens (tertiary/aromatic N) is 1. The van der Waals surface area contributed by atoms with Crippen molar-refractivity contribution in [2.75, 3.05) is 13.1 Å².